The van der Waals surface area contributed by atoms with Gasteiger partial charge in [-0.25, -0.2) is 0 Å². The van der Waals surface area contributed by atoms with Gasteiger partial charge in [0.1, 0.15) is 0 Å². The van der Waals surface area contributed by atoms with E-state index in [4.69, 9.17) is 0 Å². The van der Waals surface area contributed by atoms with Crippen molar-refractivity contribution in [1.82, 2.24) is 0 Å². The topological polar surface area (TPSA) is 3.24 Å². The van der Waals surface area contributed by atoms with Crippen molar-refractivity contribution >= 4 is 11.4 Å². The lowest BCUT2D eigenvalue weighted by atomic mass is 9.57. The predicted octanol–water partition coefficient (Wildman–Crippen LogP) is 13.6. The van der Waals surface area contributed by atoms with E-state index in [0.717, 1.165) is 6.42 Å². The van der Waals surface area contributed by atoms with Crippen LogP contribution in [0.5, 0.6) is 0 Å². The second-order valence-electron chi connectivity index (χ2n) is 18.4. The van der Waals surface area contributed by atoms with Crippen LogP contribution in [0.15, 0.2) is 102 Å². The first-order valence-electron chi connectivity index (χ1n) is 19.3. The summed E-state index contributed by atoms with van der Waals surface area (Å²) in [5, 5.41) is 0. The highest BCUT2D eigenvalue weighted by Gasteiger charge is 2.54. The standard InChI is InChI=1S/C51H53N/c1-28-13-29(2)17-34(16-28)37-22-40-46-41(23-37)50(9,10)43-25-39(36-20-32(5)15-33(6)21-36)27-45-48(43)52(46)47-42(49(40,7)8)24-38(26-44(47)51(45,11)12)35-18-30(3)14-31(4)19-35/h13-26,39H,27H2,1-12H3. The Hall–Kier alpha value is -4.62. The van der Waals surface area contributed by atoms with Crippen molar-refractivity contribution in [1.29, 1.82) is 0 Å². The summed E-state index contributed by atoms with van der Waals surface area (Å²) in [6.45, 7) is 28.4. The molecule has 0 bridgehead atoms. The van der Waals surface area contributed by atoms with Gasteiger partial charge in [-0.05, 0) is 133 Å². The fourth-order valence-electron chi connectivity index (χ4n) is 10.6. The highest BCUT2D eigenvalue weighted by atomic mass is 15.2. The maximum Gasteiger partial charge on any atom is 0.0544 e. The van der Waals surface area contributed by atoms with Crippen molar-refractivity contribution < 1.29 is 0 Å². The van der Waals surface area contributed by atoms with Crippen LogP contribution in [0, 0.1) is 41.5 Å². The number of hydrogen-bond acceptors (Lipinski definition) is 1. The molecule has 0 saturated carbocycles. The lowest BCUT2D eigenvalue weighted by molar-refractivity contribution is 0.505. The fraction of sp³-hybridized carbons (Fsp3) is 0.333. The summed E-state index contributed by atoms with van der Waals surface area (Å²) in [5.41, 5.74) is 27.2. The lowest BCUT2D eigenvalue weighted by Gasteiger charge is -2.58. The third kappa shape index (κ3) is 4.60. The third-order valence-electron chi connectivity index (χ3n) is 13.1. The van der Waals surface area contributed by atoms with Crippen LogP contribution in [-0.4, -0.2) is 0 Å². The maximum atomic E-state index is 2.76. The molecule has 5 aromatic rings. The molecule has 5 aromatic carbocycles. The van der Waals surface area contributed by atoms with Gasteiger partial charge in [0, 0.05) is 22.2 Å². The molecule has 0 N–H and O–H groups in total. The molecule has 1 atom stereocenters. The van der Waals surface area contributed by atoms with Crippen LogP contribution in [0.3, 0.4) is 0 Å². The Balaban J connectivity index is 1.41. The van der Waals surface area contributed by atoms with Crippen LogP contribution in [-0.2, 0) is 16.2 Å². The summed E-state index contributed by atoms with van der Waals surface area (Å²) in [6, 6.07) is 31.5. The average Bonchev–Trinajstić information content (AvgIpc) is 3.05. The van der Waals surface area contributed by atoms with Crippen molar-refractivity contribution in [3.8, 4) is 22.3 Å². The van der Waals surface area contributed by atoms with Crippen LogP contribution in [0.25, 0.3) is 22.3 Å². The molecular formula is C51H53N. The number of rotatable bonds is 3. The van der Waals surface area contributed by atoms with E-state index in [1.807, 2.05) is 0 Å². The van der Waals surface area contributed by atoms with Gasteiger partial charge in [-0.3, -0.25) is 0 Å². The highest BCUT2D eigenvalue weighted by molar-refractivity contribution is 5.96. The molecule has 1 aliphatic carbocycles. The first kappa shape index (κ1) is 33.2. The zero-order valence-corrected chi connectivity index (χ0v) is 33.3. The summed E-state index contributed by atoms with van der Waals surface area (Å²) < 4.78 is 0. The van der Waals surface area contributed by atoms with E-state index in [2.05, 4.69) is 173 Å². The van der Waals surface area contributed by atoms with Crippen molar-refractivity contribution in [3.05, 3.63) is 163 Å². The summed E-state index contributed by atoms with van der Waals surface area (Å²) >= 11 is 0. The van der Waals surface area contributed by atoms with Gasteiger partial charge in [-0.2, -0.15) is 0 Å². The molecule has 52 heavy (non-hydrogen) atoms. The van der Waals surface area contributed by atoms with Crippen molar-refractivity contribution in [2.75, 3.05) is 4.90 Å². The van der Waals surface area contributed by atoms with Gasteiger partial charge < -0.3 is 4.90 Å². The molecule has 0 aromatic heterocycles. The maximum absolute atomic E-state index is 2.76. The van der Waals surface area contributed by atoms with E-state index in [0.29, 0.717) is 5.92 Å². The Morgan fingerprint density at radius 3 is 1.25 bits per heavy atom. The molecule has 9 rings (SSSR count). The summed E-state index contributed by atoms with van der Waals surface area (Å²) in [7, 11) is 0. The molecule has 0 fully saturated rings. The number of hydrogen-bond donors (Lipinski definition) is 0. The van der Waals surface area contributed by atoms with E-state index in [1.54, 1.807) is 5.57 Å². The lowest BCUT2D eigenvalue weighted by Crippen LogP contribution is -2.48. The molecule has 0 spiro atoms. The van der Waals surface area contributed by atoms with Crippen LogP contribution in [0.4, 0.5) is 11.4 Å². The molecule has 3 heterocycles. The zero-order chi connectivity index (χ0) is 36.8. The second kappa shape index (κ2) is 10.7. The van der Waals surface area contributed by atoms with E-state index in [9.17, 15) is 0 Å². The number of aryl methyl sites for hydroxylation is 6. The molecular weight excluding hydrogens is 627 g/mol. The monoisotopic (exact) mass is 679 g/mol. The number of benzene rings is 5. The normalized spacial score (nSPS) is 19.7. The second-order valence-corrected chi connectivity index (χ2v) is 18.4. The van der Waals surface area contributed by atoms with Crippen LogP contribution >= 0.6 is 0 Å². The van der Waals surface area contributed by atoms with Crippen molar-refractivity contribution in [3.63, 3.8) is 0 Å². The Labute approximate surface area is 312 Å². The smallest absolute Gasteiger partial charge is 0.0544 e. The first-order valence-corrected chi connectivity index (χ1v) is 19.3. The predicted molar refractivity (Wildman–Crippen MR) is 221 cm³/mol. The van der Waals surface area contributed by atoms with Crippen LogP contribution in [0.1, 0.15) is 115 Å². The van der Waals surface area contributed by atoms with Gasteiger partial charge in [0.05, 0.1) is 17.1 Å². The highest BCUT2D eigenvalue weighted by Crippen LogP contribution is 2.67. The summed E-state index contributed by atoms with van der Waals surface area (Å²) in [5.74, 6) is 0.319. The number of nitrogens with zero attached hydrogens (tertiary/aromatic N) is 1. The molecule has 0 radical (unpaired) electrons. The quantitative estimate of drug-likeness (QED) is 0.183. The van der Waals surface area contributed by atoms with Gasteiger partial charge >= 0.3 is 0 Å². The number of allylic oxidation sites excluding steroid dienone is 3. The minimum Gasteiger partial charge on any atom is -0.309 e. The van der Waals surface area contributed by atoms with E-state index < -0.39 is 0 Å². The van der Waals surface area contributed by atoms with Crippen molar-refractivity contribution in [2.24, 2.45) is 0 Å². The SMILES string of the molecule is Cc1cc(C)cc(-c2cc3c4c(c2)C(C)(C)c2cc(-c5cc(C)cc(C)c5)cc5c2N4C2=C(CC(c4cc(C)cc(C)c4)C=C2C3(C)C)C5(C)C)c1. The van der Waals surface area contributed by atoms with Gasteiger partial charge in [-0.15, -0.1) is 0 Å². The van der Waals surface area contributed by atoms with Gasteiger partial charge in [0.25, 0.3) is 0 Å². The molecule has 1 heteroatoms. The Morgan fingerprint density at radius 1 is 0.442 bits per heavy atom. The Kier molecular flexibility index (Phi) is 6.85. The summed E-state index contributed by atoms with van der Waals surface area (Å²) in [6.07, 6.45) is 3.70. The minimum absolute atomic E-state index is 0.151. The molecule has 262 valence electrons. The minimum atomic E-state index is -0.212. The molecule has 1 nitrogen and oxygen atoms in total. The van der Waals surface area contributed by atoms with Gasteiger partial charge in [0.2, 0.25) is 0 Å². The Bertz CT molecular complexity index is 2410. The van der Waals surface area contributed by atoms with Crippen LogP contribution < -0.4 is 4.90 Å². The molecule has 0 amide bonds. The number of anilines is 2. The molecule has 1 unspecified atom stereocenters. The fourth-order valence-corrected chi connectivity index (χ4v) is 10.6. The first-order chi connectivity index (χ1) is 24.4. The van der Waals surface area contributed by atoms with Gasteiger partial charge in [-0.1, -0.05) is 136 Å². The van der Waals surface area contributed by atoms with Gasteiger partial charge in [0.15, 0.2) is 0 Å². The third-order valence-corrected chi connectivity index (χ3v) is 13.1. The largest absolute Gasteiger partial charge is 0.309 e. The molecule has 4 aliphatic rings. The summed E-state index contributed by atoms with van der Waals surface area (Å²) in [4.78, 5) is 2.76. The average molecular weight is 680 g/mol. The zero-order valence-electron chi connectivity index (χ0n) is 33.3. The van der Waals surface area contributed by atoms with E-state index in [1.165, 1.54) is 106 Å². The van der Waals surface area contributed by atoms with E-state index in [-0.39, 0.29) is 16.2 Å². The van der Waals surface area contributed by atoms with E-state index >= 15 is 0 Å². The van der Waals surface area contributed by atoms with Crippen LogP contribution in [0.2, 0.25) is 0 Å². The van der Waals surface area contributed by atoms with Crippen molar-refractivity contribution in [2.45, 2.75) is 112 Å². The Morgan fingerprint density at radius 2 is 0.808 bits per heavy atom. The molecule has 3 aliphatic heterocycles. The molecule has 0 saturated heterocycles.